The minimum Gasteiger partial charge on any atom is -0.350 e. The molecule has 0 spiro atoms. The number of halogens is 1. The third-order valence-electron chi connectivity index (χ3n) is 3.37. The lowest BCUT2D eigenvalue weighted by Gasteiger charge is -2.03. The number of aromatic nitrogens is 3. The fraction of sp³-hybridized carbons (Fsp3) is 0.118. The summed E-state index contributed by atoms with van der Waals surface area (Å²) < 4.78 is 1.49. The van der Waals surface area contributed by atoms with Gasteiger partial charge in [-0.2, -0.15) is 0 Å². The van der Waals surface area contributed by atoms with Crippen LogP contribution in [-0.4, -0.2) is 27.4 Å². The van der Waals surface area contributed by atoms with Gasteiger partial charge in [0, 0.05) is 6.54 Å². The molecule has 0 atom stereocenters. The topological polar surface area (TPSA) is 59.8 Å². The summed E-state index contributed by atoms with van der Waals surface area (Å²) >= 11 is 6.11. The molecule has 6 heteroatoms. The standard InChI is InChI=1S/C17H15ClN4O/c18-14-8-4-5-9-16(14)22-12-15(20-21-22)17(23)19-11-10-13-6-2-1-3-7-13/h1-9,12H,10-11H2,(H,19,23). The van der Waals surface area contributed by atoms with Crippen LogP contribution in [0.25, 0.3) is 5.69 Å². The molecule has 3 aromatic rings. The van der Waals surface area contributed by atoms with E-state index in [4.69, 9.17) is 11.6 Å². The number of hydrogen-bond acceptors (Lipinski definition) is 3. The lowest BCUT2D eigenvalue weighted by molar-refractivity contribution is 0.0949. The van der Waals surface area contributed by atoms with Crippen LogP contribution in [0.3, 0.4) is 0 Å². The Labute approximate surface area is 138 Å². The zero-order valence-electron chi connectivity index (χ0n) is 12.3. The van der Waals surface area contributed by atoms with E-state index in [-0.39, 0.29) is 11.6 Å². The Morgan fingerprint density at radius 1 is 1.09 bits per heavy atom. The zero-order chi connectivity index (χ0) is 16.1. The van der Waals surface area contributed by atoms with Crippen molar-refractivity contribution in [1.82, 2.24) is 20.3 Å². The minimum absolute atomic E-state index is 0.251. The molecule has 1 amide bonds. The van der Waals surface area contributed by atoms with Gasteiger partial charge < -0.3 is 5.32 Å². The van der Waals surface area contributed by atoms with Gasteiger partial charge in [0.2, 0.25) is 0 Å². The summed E-state index contributed by atoms with van der Waals surface area (Å²) in [4.78, 5) is 12.1. The van der Waals surface area contributed by atoms with Crippen molar-refractivity contribution >= 4 is 17.5 Å². The summed E-state index contributed by atoms with van der Waals surface area (Å²) in [5.74, 6) is -0.251. The molecule has 116 valence electrons. The molecule has 3 rings (SSSR count). The van der Waals surface area contributed by atoms with Crippen molar-refractivity contribution in [1.29, 1.82) is 0 Å². The molecule has 0 fully saturated rings. The van der Waals surface area contributed by atoms with Gasteiger partial charge >= 0.3 is 0 Å². The molecule has 0 saturated carbocycles. The first-order valence-electron chi connectivity index (χ1n) is 7.23. The third kappa shape index (κ3) is 3.76. The molecule has 5 nitrogen and oxygen atoms in total. The number of rotatable bonds is 5. The fourth-order valence-electron chi connectivity index (χ4n) is 2.18. The Balaban J connectivity index is 1.62. The van der Waals surface area contributed by atoms with Gasteiger partial charge in [-0.3, -0.25) is 4.79 Å². The first-order chi connectivity index (χ1) is 11.2. The molecule has 0 aliphatic carbocycles. The van der Waals surface area contributed by atoms with E-state index in [1.807, 2.05) is 48.5 Å². The maximum Gasteiger partial charge on any atom is 0.273 e. The average Bonchev–Trinajstić information content (AvgIpc) is 3.06. The number of hydrogen-bond donors (Lipinski definition) is 1. The van der Waals surface area contributed by atoms with Gasteiger partial charge in [-0.25, -0.2) is 4.68 Å². The summed E-state index contributed by atoms with van der Waals surface area (Å²) in [6, 6.07) is 17.2. The van der Waals surface area contributed by atoms with E-state index >= 15 is 0 Å². The van der Waals surface area contributed by atoms with E-state index in [0.717, 1.165) is 6.42 Å². The number of carbonyl (C=O) groups excluding carboxylic acids is 1. The van der Waals surface area contributed by atoms with Crippen LogP contribution in [0, 0.1) is 0 Å². The van der Waals surface area contributed by atoms with Gasteiger partial charge in [0.1, 0.15) is 0 Å². The highest BCUT2D eigenvalue weighted by Crippen LogP contribution is 2.18. The summed E-state index contributed by atoms with van der Waals surface area (Å²) in [6.45, 7) is 0.543. The van der Waals surface area contributed by atoms with Crippen molar-refractivity contribution in [2.45, 2.75) is 6.42 Å². The van der Waals surface area contributed by atoms with Crippen LogP contribution in [0.5, 0.6) is 0 Å². The Morgan fingerprint density at radius 2 is 1.83 bits per heavy atom. The Kier molecular flexibility index (Phi) is 4.68. The molecule has 0 aliphatic heterocycles. The number of carbonyl (C=O) groups is 1. The molecule has 0 bridgehead atoms. The van der Waals surface area contributed by atoms with Gasteiger partial charge in [-0.15, -0.1) is 5.10 Å². The maximum absolute atomic E-state index is 12.1. The first-order valence-corrected chi connectivity index (χ1v) is 7.61. The van der Waals surface area contributed by atoms with Gasteiger partial charge in [0.15, 0.2) is 5.69 Å². The average molecular weight is 327 g/mol. The molecular formula is C17H15ClN4O. The number of nitrogens with one attached hydrogen (secondary N) is 1. The summed E-state index contributed by atoms with van der Waals surface area (Å²) in [7, 11) is 0. The highest BCUT2D eigenvalue weighted by atomic mass is 35.5. The predicted molar refractivity (Wildman–Crippen MR) is 88.8 cm³/mol. The zero-order valence-corrected chi connectivity index (χ0v) is 13.1. The molecule has 0 radical (unpaired) electrons. The van der Waals surface area contributed by atoms with Crippen LogP contribution in [-0.2, 0) is 6.42 Å². The Hall–Kier alpha value is -2.66. The lowest BCUT2D eigenvalue weighted by atomic mass is 10.1. The molecule has 0 unspecified atom stereocenters. The van der Waals surface area contributed by atoms with Crippen LogP contribution < -0.4 is 5.32 Å². The summed E-state index contributed by atoms with van der Waals surface area (Å²) in [5, 5.41) is 11.2. The monoisotopic (exact) mass is 326 g/mol. The summed E-state index contributed by atoms with van der Waals surface area (Å²) in [6.07, 6.45) is 2.34. The van der Waals surface area contributed by atoms with Crippen LogP contribution >= 0.6 is 11.6 Å². The van der Waals surface area contributed by atoms with E-state index in [0.29, 0.717) is 17.3 Å². The second kappa shape index (κ2) is 7.07. The van der Waals surface area contributed by atoms with Crippen molar-refractivity contribution in [3.8, 4) is 5.69 Å². The lowest BCUT2D eigenvalue weighted by Crippen LogP contribution is -2.26. The normalized spacial score (nSPS) is 10.5. The second-order valence-electron chi connectivity index (χ2n) is 4.99. The van der Waals surface area contributed by atoms with Crippen molar-refractivity contribution in [2.24, 2.45) is 0 Å². The van der Waals surface area contributed by atoms with Crippen LogP contribution in [0.2, 0.25) is 5.02 Å². The fourth-order valence-corrected chi connectivity index (χ4v) is 2.40. The van der Waals surface area contributed by atoms with E-state index in [1.165, 1.54) is 10.2 Å². The van der Waals surface area contributed by atoms with E-state index < -0.39 is 0 Å². The van der Waals surface area contributed by atoms with Crippen LogP contribution in [0.1, 0.15) is 16.1 Å². The van der Waals surface area contributed by atoms with E-state index in [9.17, 15) is 4.79 Å². The largest absolute Gasteiger partial charge is 0.350 e. The van der Waals surface area contributed by atoms with Gasteiger partial charge in [0.05, 0.1) is 16.9 Å². The number of benzene rings is 2. The van der Waals surface area contributed by atoms with Crippen molar-refractivity contribution in [3.05, 3.63) is 77.1 Å². The van der Waals surface area contributed by atoms with Gasteiger partial charge in [0.25, 0.3) is 5.91 Å². The van der Waals surface area contributed by atoms with Crippen LogP contribution in [0.4, 0.5) is 0 Å². The molecule has 2 aromatic carbocycles. The Morgan fingerprint density at radius 3 is 2.61 bits per heavy atom. The van der Waals surface area contributed by atoms with E-state index in [1.54, 1.807) is 12.3 Å². The molecule has 1 heterocycles. The van der Waals surface area contributed by atoms with Crippen LogP contribution in [0.15, 0.2) is 60.8 Å². The molecule has 0 saturated heterocycles. The maximum atomic E-state index is 12.1. The number of amides is 1. The number of nitrogens with zero attached hydrogens (tertiary/aromatic N) is 3. The third-order valence-corrected chi connectivity index (χ3v) is 3.69. The smallest absolute Gasteiger partial charge is 0.273 e. The Bertz CT molecular complexity index is 801. The first kappa shape index (κ1) is 15.2. The van der Waals surface area contributed by atoms with Crippen molar-refractivity contribution < 1.29 is 4.79 Å². The molecular weight excluding hydrogens is 312 g/mol. The highest BCUT2D eigenvalue weighted by Gasteiger charge is 2.12. The molecule has 1 N–H and O–H groups in total. The second-order valence-corrected chi connectivity index (χ2v) is 5.40. The highest BCUT2D eigenvalue weighted by molar-refractivity contribution is 6.32. The number of para-hydroxylation sites is 1. The van der Waals surface area contributed by atoms with Gasteiger partial charge in [-0.05, 0) is 24.1 Å². The van der Waals surface area contributed by atoms with E-state index in [2.05, 4.69) is 15.6 Å². The van der Waals surface area contributed by atoms with Crippen molar-refractivity contribution in [3.63, 3.8) is 0 Å². The summed E-state index contributed by atoms with van der Waals surface area (Å²) in [5.41, 5.74) is 2.12. The van der Waals surface area contributed by atoms with Gasteiger partial charge in [-0.1, -0.05) is 59.3 Å². The molecule has 23 heavy (non-hydrogen) atoms. The minimum atomic E-state index is -0.251. The quantitative estimate of drug-likeness (QED) is 0.784. The SMILES string of the molecule is O=C(NCCc1ccccc1)c1cn(-c2ccccc2Cl)nn1. The molecule has 0 aliphatic rings. The molecule has 1 aromatic heterocycles. The van der Waals surface area contributed by atoms with Crippen molar-refractivity contribution in [2.75, 3.05) is 6.54 Å². The predicted octanol–water partition coefficient (Wildman–Crippen LogP) is 2.89.